The minimum absolute atomic E-state index is 0.00702. The average molecular weight is 348 g/mol. The molecule has 0 spiro atoms. The van der Waals surface area contributed by atoms with E-state index in [2.05, 4.69) is 0 Å². The number of nitrogens with zero attached hydrogens (tertiary/aromatic N) is 2. The molecule has 0 N–H and O–H groups in total. The fourth-order valence-corrected chi connectivity index (χ4v) is 4.23. The number of rotatable bonds is 3. The Kier molecular flexibility index (Phi) is 4.21. The van der Waals surface area contributed by atoms with Crippen LogP contribution in [0.15, 0.2) is 18.2 Å². The van der Waals surface area contributed by atoms with Crippen LogP contribution in [0.1, 0.15) is 42.5 Å². The number of fused-ring (bicyclic) bond motifs is 4. The number of carbonyl (C=O) groups excluding carboxylic acids is 2. The Labute approximate surface area is 145 Å². The largest absolute Gasteiger partial charge is 0.337 e. The van der Waals surface area contributed by atoms with Crippen LogP contribution in [-0.4, -0.2) is 47.3 Å². The number of carbonyl (C=O) groups is 2. The molecule has 0 aromatic heterocycles. The predicted molar refractivity (Wildman–Crippen MR) is 87.8 cm³/mol. The maximum atomic E-state index is 14.0. The fraction of sp³-hybridized carbons (Fsp3) is 0.579. The molecule has 6 heteroatoms. The van der Waals surface area contributed by atoms with Crippen LogP contribution in [0.2, 0.25) is 0 Å². The molecule has 1 aromatic carbocycles. The van der Waals surface area contributed by atoms with Crippen LogP contribution in [0.5, 0.6) is 0 Å². The Morgan fingerprint density at radius 1 is 1.12 bits per heavy atom. The third-order valence-electron chi connectivity index (χ3n) is 5.92. The van der Waals surface area contributed by atoms with Crippen molar-refractivity contribution in [1.29, 1.82) is 0 Å². The van der Waals surface area contributed by atoms with Gasteiger partial charge in [0.1, 0.15) is 11.6 Å². The maximum absolute atomic E-state index is 14.0. The van der Waals surface area contributed by atoms with Gasteiger partial charge in [-0.2, -0.15) is 0 Å². The molecular weight excluding hydrogens is 326 g/mol. The van der Waals surface area contributed by atoms with Crippen LogP contribution in [0.3, 0.4) is 0 Å². The van der Waals surface area contributed by atoms with Crippen LogP contribution in [0.4, 0.5) is 8.78 Å². The van der Waals surface area contributed by atoms with Crippen molar-refractivity contribution in [2.24, 2.45) is 11.8 Å². The number of piperidine rings is 1. The second kappa shape index (κ2) is 6.39. The van der Waals surface area contributed by atoms with E-state index >= 15 is 0 Å². The van der Waals surface area contributed by atoms with Crippen molar-refractivity contribution >= 4 is 11.8 Å². The lowest BCUT2D eigenvalue weighted by molar-refractivity contribution is -0.141. The van der Waals surface area contributed by atoms with Crippen molar-refractivity contribution in [3.8, 4) is 0 Å². The van der Waals surface area contributed by atoms with Crippen molar-refractivity contribution in [3.63, 3.8) is 0 Å². The highest BCUT2D eigenvalue weighted by Gasteiger charge is 2.43. The fourth-order valence-electron chi connectivity index (χ4n) is 4.23. The molecule has 4 nitrogen and oxygen atoms in total. The summed E-state index contributed by atoms with van der Waals surface area (Å²) in [5, 5.41) is 0. The summed E-state index contributed by atoms with van der Waals surface area (Å²) in [6, 6.07) is 2.91. The summed E-state index contributed by atoms with van der Waals surface area (Å²) in [6.45, 7) is 1.48. The molecule has 3 aliphatic heterocycles. The summed E-state index contributed by atoms with van der Waals surface area (Å²) >= 11 is 0. The Hall–Kier alpha value is -1.98. The van der Waals surface area contributed by atoms with Gasteiger partial charge in [-0.1, -0.05) is 6.42 Å². The summed E-state index contributed by atoms with van der Waals surface area (Å²) in [7, 11) is 0. The molecule has 1 aromatic rings. The minimum Gasteiger partial charge on any atom is -0.337 e. The Balaban J connectivity index is 1.55. The van der Waals surface area contributed by atoms with E-state index in [0.717, 1.165) is 50.4 Å². The van der Waals surface area contributed by atoms with Crippen LogP contribution >= 0.6 is 0 Å². The highest BCUT2D eigenvalue weighted by atomic mass is 19.1. The zero-order valence-corrected chi connectivity index (χ0v) is 14.1. The first-order valence-corrected chi connectivity index (χ1v) is 9.07. The SMILES string of the molecule is O=C(c1cc(F)ccc1F)N1C[C@@H]2CC[C@H](C1)N(CC1CCC1)C2=O. The minimum atomic E-state index is -0.722. The highest BCUT2D eigenvalue weighted by Crippen LogP contribution is 2.34. The van der Waals surface area contributed by atoms with Crippen molar-refractivity contribution in [1.82, 2.24) is 9.80 Å². The van der Waals surface area contributed by atoms with Gasteiger partial charge in [-0.05, 0) is 49.8 Å². The van der Waals surface area contributed by atoms with Gasteiger partial charge in [0.2, 0.25) is 5.91 Å². The van der Waals surface area contributed by atoms with Crippen LogP contribution in [-0.2, 0) is 4.79 Å². The number of hydrogen-bond acceptors (Lipinski definition) is 2. The highest BCUT2D eigenvalue weighted by molar-refractivity contribution is 5.95. The van der Waals surface area contributed by atoms with Gasteiger partial charge in [-0.3, -0.25) is 9.59 Å². The molecule has 134 valence electrons. The third kappa shape index (κ3) is 3.02. The molecule has 2 atom stereocenters. The summed E-state index contributed by atoms with van der Waals surface area (Å²) in [5.74, 6) is -1.40. The first-order valence-electron chi connectivity index (χ1n) is 9.07. The summed E-state index contributed by atoms with van der Waals surface area (Å²) in [6.07, 6.45) is 5.19. The van der Waals surface area contributed by atoms with E-state index in [1.54, 1.807) is 4.90 Å². The molecular formula is C19H22F2N2O2. The van der Waals surface area contributed by atoms with Gasteiger partial charge < -0.3 is 9.80 Å². The van der Waals surface area contributed by atoms with Gasteiger partial charge in [-0.15, -0.1) is 0 Å². The molecule has 4 fully saturated rings. The molecule has 0 unspecified atom stereocenters. The number of amides is 2. The van der Waals surface area contributed by atoms with Crippen LogP contribution < -0.4 is 0 Å². The molecule has 3 heterocycles. The Morgan fingerprint density at radius 3 is 2.64 bits per heavy atom. The van der Waals surface area contributed by atoms with E-state index < -0.39 is 17.5 Å². The van der Waals surface area contributed by atoms with Crippen LogP contribution in [0, 0.1) is 23.5 Å². The molecule has 1 saturated carbocycles. The quantitative estimate of drug-likeness (QED) is 0.843. The Bertz CT molecular complexity index is 705. The number of hydrogen-bond donors (Lipinski definition) is 0. The van der Waals surface area contributed by atoms with Gasteiger partial charge >= 0.3 is 0 Å². The second-order valence-corrected chi connectivity index (χ2v) is 7.55. The molecule has 1 aliphatic carbocycles. The van der Waals surface area contributed by atoms with E-state index in [1.165, 1.54) is 6.42 Å². The standard InChI is InChI=1S/C19H22F2N2O2/c20-14-5-7-17(21)16(8-14)19(25)22-10-13-4-6-15(11-22)23(18(13)24)9-12-2-1-3-12/h5,7-8,12-13,15H,1-4,6,9-11H2/t13-,15+/m0/s1. The first kappa shape index (κ1) is 16.5. The zero-order chi connectivity index (χ0) is 17.6. The summed E-state index contributed by atoms with van der Waals surface area (Å²) in [4.78, 5) is 29.0. The van der Waals surface area contributed by atoms with Gasteiger partial charge in [0.25, 0.3) is 5.91 Å². The predicted octanol–water partition coefficient (Wildman–Crippen LogP) is 2.83. The van der Waals surface area contributed by atoms with Gasteiger partial charge in [0.15, 0.2) is 0 Å². The monoisotopic (exact) mass is 348 g/mol. The lowest BCUT2D eigenvalue weighted by atomic mass is 9.83. The maximum Gasteiger partial charge on any atom is 0.257 e. The summed E-state index contributed by atoms with van der Waals surface area (Å²) < 4.78 is 27.4. The first-order chi connectivity index (χ1) is 12.0. The van der Waals surface area contributed by atoms with Gasteiger partial charge in [0, 0.05) is 25.7 Å². The molecule has 2 bridgehead atoms. The van der Waals surface area contributed by atoms with E-state index in [4.69, 9.17) is 0 Å². The second-order valence-electron chi connectivity index (χ2n) is 7.55. The van der Waals surface area contributed by atoms with Crippen LogP contribution in [0.25, 0.3) is 0 Å². The number of halogens is 2. The van der Waals surface area contributed by atoms with E-state index in [9.17, 15) is 18.4 Å². The molecule has 0 radical (unpaired) electrons. The van der Waals surface area contributed by atoms with E-state index in [0.29, 0.717) is 19.0 Å². The number of benzene rings is 1. The lowest BCUT2D eigenvalue weighted by Crippen LogP contribution is -2.50. The van der Waals surface area contributed by atoms with Gasteiger partial charge in [-0.25, -0.2) is 8.78 Å². The van der Waals surface area contributed by atoms with Gasteiger partial charge in [0.05, 0.1) is 11.5 Å². The molecule has 3 saturated heterocycles. The molecule has 5 rings (SSSR count). The molecule has 25 heavy (non-hydrogen) atoms. The molecule has 4 aliphatic rings. The van der Waals surface area contributed by atoms with Crippen molar-refractivity contribution in [3.05, 3.63) is 35.4 Å². The molecule has 2 amide bonds. The van der Waals surface area contributed by atoms with E-state index in [-0.39, 0.29) is 23.4 Å². The third-order valence-corrected chi connectivity index (χ3v) is 5.92. The van der Waals surface area contributed by atoms with Crippen molar-refractivity contribution in [2.45, 2.75) is 38.1 Å². The van der Waals surface area contributed by atoms with Crippen molar-refractivity contribution < 1.29 is 18.4 Å². The Morgan fingerprint density at radius 2 is 1.92 bits per heavy atom. The zero-order valence-electron chi connectivity index (χ0n) is 14.1. The van der Waals surface area contributed by atoms with E-state index in [1.807, 2.05) is 4.90 Å². The topological polar surface area (TPSA) is 40.6 Å². The lowest BCUT2D eigenvalue weighted by Gasteiger charge is -2.40. The smallest absolute Gasteiger partial charge is 0.257 e. The summed E-state index contributed by atoms with van der Waals surface area (Å²) in [5.41, 5.74) is -0.251. The normalized spacial score (nSPS) is 26.6. The average Bonchev–Trinajstić information content (AvgIpc) is 2.84. The van der Waals surface area contributed by atoms with Crippen molar-refractivity contribution in [2.75, 3.05) is 19.6 Å².